The van der Waals surface area contributed by atoms with Crippen LogP contribution >= 0.6 is 0 Å². The molecule has 0 spiro atoms. The van der Waals surface area contributed by atoms with E-state index in [4.69, 9.17) is 0 Å². The smallest absolute Gasteiger partial charge is 0.310 e. The van der Waals surface area contributed by atoms with Gasteiger partial charge >= 0.3 is 5.97 Å². The van der Waals surface area contributed by atoms with Gasteiger partial charge in [-0.3, -0.25) is 4.79 Å². The van der Waals surface area contributed by atoms with Gasteiger partial charge in [0.1, 0.15) is 0 Å². The summed E-state index contributed by atoms with van der Waals surface area (Å²) in [6.45, 7) is 19.9. The topological polar surface area (TPSA) is 98.0 Å². The average Bonchev–Trinajstić information content (AvgIpc) is 2.78. The fourth-order valence-electron chi connectivity index (χ4n) is 12.0. The zero-order valence-corrected chi connectivity index (χ0v) is 24.7. The van der Waals surface area contributed by atoms with Gasteiger partial charge in [-0.25, -0.2) is 0 Å². The molecule has 37 heavy (non-hydrogen) atoms. The molecule has 0 radical (unpaired) electrons. The number of rotatable bonds is 1. The minimum Gasteiger partial charge on any atom is -0.481 e. The molecule has 0 aromatic heterocycles. The van der Waals surface area contributed by atoms with Crippen molar-refractivity contribution in [2.75, 3.05) is 0 Å². The van der Waals surface area contributed by atoms with E-state index < -0.39 is 34.6 Å². The summed E-state index contributed by atoms with van der Waals surface area (Å²) in [5.74, 6) is -0.464. The predicted octanol–water partition coefficient (Wildman–Crippen LogP) is 5.96. The lowest BCUT2D eigenvalue weighted by atomic mass is 9.27. The standard InChI is InChI=1S/C32H52O5/c1-19-10-15-32(24(35)36)17-16-26(4)22(30(32,8)31(19,9)37)12-14-29(7)27(5)18-20(33)23(34)25(2,3)21(27)11-13-28(26,29)6/h12,19-21,23,33-34,37H,10-11,13-18H2,1-9H3,(H,35,36). The van der Waals surface area contributed by atoms with Crippen molar-refractivity contribution in [3.63, 3.8) is 0 Å². The van der Waals surface area contributed by atoms with E-state index in [1.807, 2.05) is 6.92 Å². The van der Waals surface area contributed by atoms with Gasteiger partial charge in [-0.05, 0) is 97.2 Å². The number of hydrogen-bond donors (Lipinski definition) is 4. The molecular weight excluding hydrogens is 464 g/mol. The minimum atomic E-state index is -1.13. The zero-order chi connectivity index (χ0) is 27.8. The molecule has 11 unspecified atom stereocenters. The molecule has 0 amide bonds. The second-order valence-corrected chi connectivity index (χ2v) is 16.0. The van der Waals surface area contributed by atoms with Crippen LogP contribution < -0.4 is 0 Å². The van der Waals surface area contributed by atoms with Crippen LogP contribution in [0.25, 0.3) is 0 Å². The summed E-state index contributed by atoms with van der Waals surface area (Å²) >= 11 is 0. The van der Waals surface area contributed by atoms with E-state index in [-0.39, 0.29) is 38.9 Å². The Bertz CT molecular complexity index is 1050. The molecule has 0 aliphatic heterocycles. The zero-order valence-electron chi connectivity index (χ0n) is 24.7. The van der Waals surface area contributed by atoms with Crippen molar-refractivity contribution >= 4 is 5.97 Å². The second kappa shape index (κ2) is 7.43. The third-order valence-corrected chi connectivity index (χ3v) is 15.3. The summed E-state index contributed by atoms with van der Waals surface area (Å²) in [6, 6.07) is 0. The van der Waals surface area contributed by atoms with Crippen molar-refractivity contribution in [1.82, 2.24) is 0 Å². The van der Waals surface area contributed by atoms with Crippen LogP contribution in [0, 0.1) is 49.7 Å². The maximum Gasteiger partial charge on any atom is 0.310 e. The summed E-state index contributed by atoms with van der Waals surface area (Å²) in [5, 5.41) is 45.1. The lowest BCUT2D eigenvalue weighted by molar-refractivity contribution is -0.280. The van der Waals surface area contributed by atoms with E-state index in [0.29, 0.717) is 19.3 Å². The Labute approximate surface area is 224 Å². The Morgan fingerprint density at radius 1 is 0.892 bits per heavy atom. The number of fused-ring (bicyclic) bond motifs is 7. The molecule has 11 atom stereocenters. The first-order valence-corrected chi connectivity index (χ1v) is 14.8. The van der Waals surface area contributed by atoms with Crippen LogP contribution in [0.1, 0.15) is 114 Å². The number of carboxylic acids is 1. The number of aliphatic hydroxyl groups is 3. The molecule has 210 valence electrons. The van der Waals surface area contributed by atoms with Crippen LogP contribution in [0.15, 0.2) is 11.6 Å². The number of aliphatic carboxylic acids is 1. The molecular formula is C32H52O5. The van der Waals surface area contributed by atoms with Crippen LogP contribution in [0.4, 0.5) is 0 Å². The lowest BCUT2D eigenvalue weighted by Gasteiger charge is -2.77. The van der Waals surface area contributed by atoms with E-state index in [0.717, 1.165) is 32.1 Å². The largest absolute Gasteiger partial charge is 0.481 e. The van der Waals surface area contributed by atoms with Crippen LogP contribution in [-0.4, -0.2) is 44.2 Å². The van der Waals surface area contributed by atoms with Crippen molar-refractivity contribution in [2.24, 2.45) is 49.7 Å². The Hall–Kier alpha value is -0.910. The van der Waals surface area contributed by atoms with Crippen molar-refractivity contribution in [2.45, 2.75) is 131 Å². The first kappa shape index (κ1) is 27.6. The molecule has 0 saturated heterocycles. The van der Waals surface area contributed by atoms with E-state index in [1.165, 1.54) is 5.57 Å². The van der Waals surface area contributed by atoms with E-state index in [2.05, 4.69) is 61.5 Å². The molecule has 5 rings (SSSR count). The molecule has 5 aliphatic rings. The van der Waals surface area contributed by atoms with Crippen molar-refractivity contribution in [3.8, 4) is 0 Å². The molecule has 5 heteroatoms. The van der Waals surface area contributed by atoms with Gasteiger partial charge in [-0.1, -0.05) is 67.0 Å². The lowest BCUT2D eigenvalue weighted by Crippen LogP contribution is -2.74. The SMILES string of the molecule is CC1CCC2(C(=O)O)CCC3(C)C(=CCC4(C)C5(C)CC(O)C(O)C(C)(C)C5CCC34C)C2(C)C1(C)O. The van der Waals surface area contributed by atoms with Crippen molar-refractivity contribution < 1.29 is 25.2 Å². The van der Waals surface area contributed by atoms with Gasteiger partial charge in [0.05, 0.1) is 23.2 Å². The molecule has 0 aromatic carbocycles. The number of allylic oxidation sites excluding steroid dienone is 1. The summed E-state index contributed by atoms with van der Waals surface area (Å²) in [7, 11) is 0. The third-order valence-electron chi connectivity index (χ3n) is 15.3. The van der Waals surface area contributed by atoms with Crippen molar-refractivity contribution in [1.29, 1.82) is 0 Å². The van der Waals surface area contributed by atoms with Crippen LogP contribution in [0.2, 0.25) is 0 Å². The molecule has 4 fully saturated rings. The van der Waals surface area contributed by atoms with Crippen LogP contribution in [-0.2, 0) is 4.79 Å². The molecule has 5 aliphatic carbocycles. The predicted molar refractivity (Wildman–Crippen MR) is 145 cm³/mol. The Kier molecular flexibility index (Phi) is 5.55. The van der Waals surface area contributed by atoms with Gasteiger partial charge in [-0.15, -0.1) is 0 Å². The highest BCUT2D eigenvalue weighted by atomic mass is 16.4. The average molecular weight is 517 g/mol. The highest BCUT2D eigenvalue weighted by Gasteiger charge is 2.78. The molecule has 5 nitrogen and oxygen atoms in total. The normalized spacial score (nSPS) is 58.8. The van der Waals surface area contributed by atoms with Gasteiger partial charge in [0.2, 0.25) is 0 Å². The second-order valence-electron chi connectivity index (χ2n) is 16.0. The van der Waals surface area contributed by atoms with Crippen LogP contribution in [0.5, 0.6) is 0 Å². The number of carboxylic acid groups (broad SMARTS) is 1. The molecule has 4 saturated carbocycles. The Morgan fingerprint density at radius 3 is 2.11 bits per heavy atom. The fourth-order valence-corrected chi connectivity index (χ4v) is 12.0. The first-order valence-electron chi connectivity index (χ1n) is 14.8. The quantitative estimate of drug-likeness (QED) is 0.323. The van der Waals surface area contributed by atoms with Gasteiger partial charge in [-0.2, -0.15) is 0 Å². The Morgan fingerprint density at radius 2 is 1.51 bits per heavy atom. The molecule has 0 aromatic rings. The van der Waals surface area contributed by atoms with Crippen LogP contribution in [0.3, 0.4) is 0 Å². The van der Waals surface area contributed by atoms with Crippen molar-refractivity contribution in [3.05, 3.63) is 11.6 Å². The highest BCUT2D eigenvalue weighted by Crippen LogP contribution is 2.82. The number of hydrogen-bond acceptors (Lipinski definition) is 4. The van der Waals surface area contributed by atoms with Gasteiger partial charge in [0, 0.05) is 5.41 Å². The van der Waals surface area contributed by atoms with Gasteiger partial charge < -0.3 is 20.4 Å². The maximum atomic E-state index is 13.1. The highest BCUT2D eigenvalue weighted by molar-refractivity contribution is 5.78. The summed E-state index contributed by atoms with van der Waals surface area (Å²) in [5.41, 5.74) is -2.92. The van der Waals surface area contributed by atoms with E-state index in [9.17, 15) is 25.2 Å². The number of aliphatic hydroxyl groups excluding tert-OH is 2. The maximum absolute atomic E-state index is 13.1. The number of carbonyl (C=O) groups is 1. The Balaban J connectivity index is 1.74. The first-order chi connectivity index (χ1) is 16.7. The minimum absolute atomic E-state index is 0.0124. The monoisotopic (exact) mass is 516 g/mol. The van der Waals surface area contributed by atoms with Gasteiger partial charge in [0.15, 0.2) is 0 Å². The van der Waals surface area contributed by atoms with E-state index >= 15 is 0 Å². The fraction of sp³-hybridized carbons (Fsp3) is 0.906. The third kappa shape index (κ3) is 2.66. The molecule has 0 bridgehead atoms. The van der Waals surface area contributed by atoms with Gasteiger partial charge in [0.25, 0.3) is 0 Å². The summed E-state index contributed by atoms with van der Waals surface area (Å²) < 4.78 is 0. The summed E-state index contributed by atoms with van der Waals surface area (Å²) in [4.78, 5) is 13.1. The molecule has 0 heterocycles. The summed E-state index contributed by atoms with van der Waals surface area (Å²) in [6.07, 6.45) is 6.94. The molecule has 4 N–H and O–H groups in total. The van der Waals surface area contributed by atoms with E-state index in [1.54, 1.807) is 0 Å².